The average Bonchev–Trinajstić information content (AvgIpc) is 3.67. The van der Waals surface area contributed by atoms with Crippen LogP contribution in [0.25, 0.3) is 11.2 Å². The topological polar surface area (TPSA) is 423 Å². The Hall–Kier alpha value is -2.60. The number of aromatic nitrogens is 4. The normalized spacial score (nSPS) is 21.7. The Balaban J connectivity index is 1.51. The number of aliphatic hydroxyl groups excluding tert-OH is 2. The zero-order chi connectivity index (χ0) is 43.9. The number of hydrogen-bond acceptors (Lipinski definition) is 22. The molecule has 0 radical (unpaired) electrons. The van der Waals surface area contributed by atoms with Gasteiger partial charge < -0.3 is 56.2 Å². The number of phosphoric ester groups is 2. The maximum Gasteiger partial charge on any atom is 0.527 e. The van der Waals surface area contributed by atoms with Crippen LogP contribution in [-0.2, 0) is 60.8 Å². The first-order chi connectivity index (χ1) is 26.7. The average molecular weight is 916 g/mol. The molecule has 58 heavy (non-hydrogen) atoms. The molecule has 0 aliphatic carbocycles. The number of aliphatic hydroxyl groups is 4. The number of nitrogen functional groups attached to an aromatic ring is 1. The number of imidazole rings is 1. The van der Waals surface area contributed by atoms with Crippen LogP contribution in [0.2, 0.25) is 0 Å². The summed E-state index contributed by atoms with van der Waals surface area (Å²) in [5, 5.41) is 46.7. The van der Waals surface area contributed by atoms with E-state index in [9.17, 15) is 68.1 Å². The summed E-state index contributed by atoms with van der Waals surface area (Å²) in [6.45, 7) is 4.07. The lowest BCUT2D eigenvalue weighted by Crippen LogP contribution is -2.57. The second kappa shape index (κ2) is 20.3. The smallest absolute Gasteiger partial charge is 0.386 e. The Morgan fingerprint density at radius 2 is 1.67 bits per heavy atom. The van der Waals surface area contributed by atoms with E-state index in [1.54, 1.807) is 0 Å². The number of fused-ring (bicyclic) bond motifs is 1. The largest absolute Gasteiger partial charge is 0.527 e. The van der Waals surface area contributed by atoms with E-state index in [1.807, 2.05) is 13.8 Å². The van der Waals surface area contributed by atoms with Crippen molar-refractivity contribution in [2.45, 2.75) is 77.2 Å². The third kappa shape index (κ3) is 14.3. The van der Waals surface area contributed by atoms with Crippen molar-refractivity contribution < 1.29 is 101 Å². The van der Waals surface area contributed by atoms with Gasteiger partial charge in [-0.05, 0) is 19.8 Å². The number of anilines is 1. The van der Waals surface area contributed by atoms with Crippen LogP contribution in [0.5, 0.6) is 0 Å². The lowest BCUT2D eigenvalue weighted by Gasteiger charge is -2.38. The van der Waals surface area contributed by atoms with Crippen molar-refractivity contribution in [3.05, 3.63) is 12.7 Å². The number of thioether (sulfide) groups is 1. The molecule has 28 nitrogen and oxygen atoms in total. The summed E-state index contributed by atoms with van der Waals surface area (Å²) in [5.74, 6) is -5.14. The lowest BCUT2D eigenvalue weighted by molar-refractivity contribution is -0.496. The predicted molar refractivity (Wildman–Crippen MR) is 191 cm³/mol. The lowest BCUT2D eigenvalue weighted by atomic mass is 9.83. The monoisotopic (exact) mass is 915 g/mol. The fourth-order valence-electron chi connectivity index (χ4n) is 4.66. The van der Waals surface area contributed by atoms with Crippen LogP contribution in [0, 0.1) is 11.3 Å². The Morgan fingerprint density at radius 1 is 1.02 bits per heavy atom. The molecule has 0 spiro atoms. The van der Waals surface area contributed by atoms with Crippen molar-refractivity contribution >= 4 is 69.1 Å². The van der Waals surface area contributed by atoms with E-state index in [4.69, 9.17) is 10.5 Å². The predicted octanol–water partition coefficient (Wildman–Crippen LogP) is -1.79. The minimum atomic E-state index is -5.89. The van der Waals surface area contributed by atoms with Crippen molar-refractivity contribution in [2.75, 3.05) is 31.2 Å². The number of ether oxygens (including phenoxy) is 1. The number of rotatable bonds is 23. The molecule has 1 aliphatic heterocycles. The van der Waals surface area contributed by atoms with Crippen LogP contribution < -0.4 is 16.4 Å². The van der Waals surface area contributed by atoms with Gasteiger partial charge in [-0.1, -0.05) is 25.6 Å². The Kier molecular flexibility index (Phi) is 17.4. The van der Waals surface area contributed by atoms with Gasteiger partial charge in [0, 0.05) is 31.7 Å². The number of carbonyl (C=O) groups excluding carboxylic acids is 3. The molecule has 2 aromatic rings. The van der Waals surface area contributed by atoms with E-state index in [0.29, 0.717) is 12.2 Å². The molecule has 7 unspecified atom stereocenters. The van der Waals surface area contributed by atoms with Crippen LogP contribution in [0.4, 0.5) is 5.82 Å². The number of hydrogen-bond donors (Lipinski definition) is 11. The molecule has 0 saturated carbocycles. The Labute approximate surface area is 332 Å². The van der Waals surface area contributed by atoms with Gasteiger partial charge in [0.2, 0.25) is 11.8 Å². The third-order valence-electron chi connectivity index (χ3n) is 7.79. The molecule has 3 heterocycles. The highest BCUT2D eigenvalue weighted by atomic mass is 32.2. The highest BCUT2D eigenvalue weighted by Gasteiger charge is 2.54. The molecular formula is C26H44N7O21P3S. The van der Waals surface area contributed by atoms with Gasteiger partial charge in [0.15, 0.2) is 22.8 Å². The van der Waals surface area contributed by atoms with E-state index >= 15 is 0 Å². The summed E-state index contributed by atoms with van der Waals surface area (Å²) in [5.41, 5.74) is 3.29. The first-order valence-electron chi connectivity index (χ1n) is 16.5. The van der Waals surface area contributed by atoms with Gasteiger partial charge in [0.25, 0.3) is 0 Å². The van der Waals surface area contributed by atoms with Gasteiger partial charge in [-0.15, -0.1) is 14.0 Å². The van der Waals surface area contributed by atoms with Gasteiger partial charge in [-0.3, -0.25) is 32.9 Å². The van der Waals surface area contributed by atoms with E-state index in [1.165, 1.54) is 0 Å². The summed E-state index contributed by atoms with van der Waals surface area (Å²) in [4.78, 5) is 90.6. The van der Waals surface area contributed by atoms with Crippen molar-refractivity contribution in [1.29, 1.82) is 0 Å². The van der Waals surface area contributed by atoms with E-state index in [-0.39, 0.29) is 47.5 Å². The van der Waals surface area contributed by atoms with Gasteiger partial charge in [0.05, 0.1) is 18.3 Å². The van der Waals surface area contributed by atoms with Gasteiger partial charge in [0.1, 0.15) is 36.3 Å². The second-order valence-electron chi connectivity index (χ2n) is 13.2. The Morgan fingerprint density at radius 3 is 2.31 bits per heavy atom. The molecule has 7 atom stereocenters. The maximum absolute atomic E-state index is 12.5. The number of carbonyl (C=O) groups is 3. The molecule has 0 bridgehead atoms. The van der Waals surface area contributed by atoms with Crippen LogP contribution in [0.1, 0.15) is 46.8 Å². The number of nitrogens with two attached hydrogens (primary N) is 1. The summed E-state index contributed by atoms with van der Waals surface area (Å²) in [6.07, 6.45) is -7.40. The van der Waals surface area contributed by atoms with Crippen molar-refractivity contribution in [2.24, 2.45) is 11.3 Å². The number of nitrogens with zero attached hydrogens (tertiary/aromatic N) is 4. The third-order valence-corrected chi connectivity index (χ3v) is 10.6. The fraction of sp³-hybridized carbons (Fsp3) is 0.692. The quantitative estimate of drug-likeness (QED) is 0.0193. The van der Waals surface area contributed by atoms with Crippen LogP contribution in [0.15, 0.2) is 12.7 Å². The second-order valence-corrected chi connectivity index (χ2v) is 18.1. The molecular weight excluding hydrogens is 871 g/mol. The van der Waals surface area contributed by atoms with Crippen molar-refractivity contribution in [3.8, 4) is 0 Å². The zero-order valence-corrected chi connectivity index (χ0v) is 34.4. The molecule has 1 aliphatic rings. The molecule has 3 rings (SSSR count). The van der Waals surface area contributed by atoms with Gasteiger partial charge in [-0.25, -0.2) is 28.6 Å². The summed E-state index contributed by atoms with van der Waals surface area (Å²) < 4.78 is 63.9. The minimum absolute atomic E-state index is 0.00895. The molecule has 12 N–H and O–H groups in total. The minimum Gasteiger partial charge on any atom is -0.386 e. The standard InChI is InChI=1S/C26H44N7O21P3S/c1-13(2)9-16(35)58-8-7-28-15(34)5-6-29-23(38)20(37)25(3,4)26(39,40)51-52-57(46,47)54-53-56(44,45)48-10-14-19(50-55(41,42)43)18(36)24(49-14)33-12-32-17-21(27)30-11-31-22(17)33/h11-14,18-20,24,36-37,39-40H,5-10H2,1-4H3,(H,28,34)(H,29,38)(H,44,45)(H,46,47)(H2,27,30,31)(H2,41,42,43). The number of nitrogens with one attached hydrogen (secondary N) is 2. The van der Waals surface area contributed by atoms with E-state index in [0.717, 1.165) is 42.8 Å². The van der Waals surface area contributed by atoms with Crippen LogP contribution >= 0.6 is 35.2 Å². The molecule has 1 saturated heterocycles. The molecule has 2 aromatic heterocycles. The van der Waals surface area contributed by atoms with Gasteiger partial charge >= 0.3 is 29.4 Å². The van der Waals surface area contributed by atoms with Crippen LogP contribution in [-0.4, -0.2) is 132 Å². The fourth-order valence-corrected chi connectivity index (χ4v) is 7.39. The first kappa shape index (κ1) is 49.8. The number of phosphoric acid groups is 3. The van der Waals surface area contributed by atoms with Crippen LogP contribution in [0.3, 0.4) is 0 Å². The number of amides is 2. The molecule has 2 amide bonds. The molecule has 330 valence electrons. The zero-order valence-electron chi connectivity index (χ0n) is 30.9. The molecule has 1 fully saturated rings. The summed E-state index contributed by atoms with van der Waals surface area (Å²) >= 11 is 1.06. The Bertz CT molecular complexity index is 1900. The maximum atomic E-state index is 12.5. The van der Waals surface area contributed by atoms with Crippen molar-refractivity contribution in [3.63, 3.8) is 0 Å². The highest BCUT2D eigenvalue weighted by molar-refractivity contribution is 8.13. The SMILES string of the molecule is CC(C)CC(=O)SCCNC(=O)CCNC(=O)C(O)C(C)(C)C(O)(O)OOP(=O)(O)OOP(=O)(O)OCC1OC(n2cnc3c(N)ncnc32)C(O)C1OP(=O)(O)O. The summed E-state index contributed by atoms with van der Waals surface area (Å²) in [7, 11) is -16.9. The van der Waals surface area contributed by atoms with E-state index < -0.39 is 83.9 Å². The van der Waals surface area contributed by atoms with E-state index in [2.05, 4.69) is 53.5 Å². The highest BCUT2D eigenvalue weighted by Crippen LogP contribution is 2.54. The molecule has 32 heteroatoms. The summed E-state index contributed by atoms with van der Waals surface area (Å²) in [6, 6.07) is 0. The molecule has 0 aromatic carbocycles. The van der Waals surface area contributed by atoms with Crippen molar-refractivity contribution in [1.82, 2.24) is 30.2 Å². The van der Waals surface area contributed by atoms with Gasteiger partial charge in [-0.2, -0.15) is 4.89 Å². The first-order valence-corrected chi connectivity index (χ1v) is 22.1.